The van der Waals surface area contributed by atoms with Crippen molar-refractivity contribution in [1.29, 1.82) is 0 Å². The molecule has 162 valence electrons. The fourth-order valence-electron chi connectivity index (χ4n) is 3.93. The second kappa shape index (κ2) is 10.4. The minimum Gasteiger partial charge on any atom is -0.497 e. The van der Waals surface area contributed by atoms with Gasteiger partial charge < -0.3 is 14.4 Å². The number of fused-ring (bicyclic) bond motifs is 2. The predicted molar refractivity (Wildman–Crippen MR) is 129 cm³/mol. The van der Waals surface area contributed by atoms with E-state index in [0.717, 1.165) is 24.5 Å². The molecular formula is C27H31NO2S. The van der Waals surface area contributed by atoms with Gasteiger partial charge in [0.2, 0.25) is 0 Å². The van der Waals surface area contributed by atoms with Crippen LogP contribution >= 0.6 is 11.8 Å². The molecule has 0 fully saturated rings. The number of likely N-dealkylation sites (N-methyl/N-ethyl adjacent to an activating group) is 1. The molecule has 1 aliphatic rings. The maximum Gasteiger partial charge on any atom is 0.118 e. The molecule has 0 N–H and O–H groups in total. The normalized spacial score (nSPS) is 16.3. The summed E-state index contributed by atoms with van der Waals surface area (Å²) in [5, 5.41) is 0. The van der Waals surface area contributed by atoms with Gasteiger partial charge in [0.25, 0.3) is 0 Å². The largest absolute Gasteiger partial charge is 0.497 e. The van der Waals surface area contributed by atoms with Gasteiger partial charge >= 0.3 is 0 Å². The van der Waals surface area contributed by atoms with E-state index >= 15 is 0 Å². The summed E-state index contributed by atoms with van der Waals surface area (Å²) in [6.45, 7) is 3.93. The Labute approximate surface area is 190 Å². The summed E-state index contributed by atoms with van der Waals surface area (Å²) in [4.78, 5) is 3.71. The molecule has 1 heterocycles. The van der Waals surface area contributed by atoms with Crippen molar-refractivity contribution >= 4 is 11.8 Å². The van der Waals surface area contributed by atoms with Crippen LogP contribution in [0.25, 0.3) is 0 Å². The van der Waals surface area contributed by atoms with Gasteiger partial charge in [0.15, 0.2) is 0 Å². The molecule has 0 radical (unpaired) electrons. The Morgan fingerprint density at radius 1 is 0.968 bits per heavy atom. The molecular weight excluding hydrogens is 402 g/mol. The summed E-state index contributed by atoms with van der Waals surface area (Å²) in [5.41, 5.74) is 5.28. The first-order valence-corrected chi connectivity index (χ1v) is 11.9. The highest BCUT2D eigenvalue weighted by Crippen LogP contribution is 2.41. The third-order valence-electron chi connectivity index (χ3n) is 6.09. The summed E-state index contributed by atoms with van der Waals surface area (Å²) in [7, 11) is 3.89. The van der Waals surface area contributed by atoms with Crippen LogP contribution in [0, 0.1) is 0 Å². The molecule has 3 aromatic rings. The zero-order valence-electron chi connectivity index (χ0n) is 18.6. The van der Waals surface area contributed by atoms with E-state index in [4.69, 9.17) is 9.47 Å². The monoisotopic (exact) mass is 433 g/mol. The number of benzene rings is 3. The molecule has 2 atom stereocenters. The minimum atomic E-state index is -0.0140. The van der Waals surface area contributed by atoms with E-state index in [-0.39, 0.29) is 6.10 Å². The fourth-order valence-corrected chi connectivity index (χ4v) is 5.02. The highest BCUT2D eigenvalue weighted by atomic mass is 32.2. The van der Waals surface area contributed by atoms with E-state index in [0.29, 0.717) is 12.6 Å². The number of hydrogen-bond acceptors (Lipinski definition) is 4. The van der Waals surface area contributed by atoms with Gasteiger partial charge in [-0.2, -0.15) is 0 Å². The highest BCUT2D eigenvalue weighted by Gasteiger charge is 2.25. The molecule has 0 saturated carbocycles. The van der Waals surface area contributed by atoms with Crippen LogP contribution < -0.4 is 4.74 Å². The van der Waals surface area contributed by atoms with Crippen molar-refractivity contribution in [3.8, 4) is 5.75 Å². The van der Waals surface area contributed by atoms with Crippen LogP contribution in [-0.4, -0.2) is 38.3 Å². The van der Waals surface area contributed by atoms with Gasteiger partial charge in [-0.05, 0) is 60.8 Å². The lowest BCUT2D eigenvalue weighted by Crippen LogP contribution is -2.35. The smallest absolute Gasteiger partial charge is 0.118 e. The lowest BCUT2D eigenvalue weighted by Gasteiger charge is -2.28. The van der Waals surface area contributed by atoms with Crippen LogP contribution in [0.1, 0.15) is 35.3 Å². The standard InChI is InChI=1S/C27H31NO2S/c1-20(28(2)17-16-21-12-14-23(29-3)15-13-21)18-30-27-24-9-5-4-8-22(24)19-31-26-11-7-6-10-25(26)27/h4-15,20,27H,16-19H2,1-3H3/t20-,27+/m0/s1. The first kappa shape index (κ1) is 21.9. The third kappa shape index (κ3) is 5.32. The predicted octanol–water partition coefficient (Wildman–Crippen LogP) is 5.97. The number of methoxy groups -OCH3 is 1. The molecule has 0 saturated heterocycles. The van der Waals surface area contributed by atoms with Gasteiger partial charge in [-0.3, -0.25) is 0 Å². The summed E-state index contributed by atoms with van der Waals surface area (Å²) in [6.07, 6.45) is 0.996. The summed E-state index contributed by atoms with van der Waals surface area (Å²) in [5.74, 6) is 1.89. The Hall–Kier alpha value is -2.27. The average molecular weight is 434 g/mol. The highest BCUT2D eigenvalue weighted by molar-refractivity contribution is 7.98. The molecule has 0 amide bonds. The number of rotatable bonds is 8. The second-order valence-electron chi connectivity index (χ2n) is 8.17. The van der Waals surface area contributed by atoms with Crippen molar-refractivity contribution in [2.75, 3.05) is 27.3 Å². The second-order valence-corrected chi connectivity index (χ2v) is 9.18. The molecule has 0 bridgehead atoms. The summed E-state index contributed by atoms with van der Waals surface area (Å²) >= 11 is 1.91. The summed E-state index contributed by atoms with van der Waals surface area (Å²) in [6, 6.07) is 26.0. The molecule has 1 aliphatic heterocycles. The van der Waals surface area contributed by atoms with Crippen molar-refractivity contribution in [2.24, 2.45) is 0 Å². The van der Waals surface area contributed by atoms with E-state index in [1.165, 1.54) is 27.1 Å². The van der Waals surface area contributed by atoms with Crippen molar-refractivity contribution in [1.82, 2.24) is 4.90 Å². The molecule has 4 rings (SSSR count). The number of nitrogens with zero attached hydrogens (tertiary/aromatic N) is 1. The lowest BCUT2D eigenvalue weighted by atomic mass is 9.97. The van der Waals surface area contributed by atoms with Crippen molar-refractivity contribution in [3.63, 3.8) is 0 Å². The van der Waals surface area contributed by atoms with E-state index < -0.39 is 0 Å². The van der Waals surface area contributed by atoms with Gasteiger partial charge in [-0.25, -0.2) is 0 Å². The molecule has 0 unspecified atom stereocenters. The average Bonchev–Trinajstić information content (AvgIpc) is 2.98. The SMILES string of the molecule is COc1ccc(CCN(C)[C@@H](C)CO[C@@H]2c3ccccc3CSc3ccccc32)cc1. The number of ether oxygens (including phenoxy) is 2. The van der Waals surface area contributed by atoms with E-state index in [1.54, 1.807) is 7.11 Å². The molecule has 4 heteroatoms. The molecule has 31 heavy (non-hydrogen) atoms. The molecule has 3 aromatic carbocycles. The Morgan fingerprint density at radius 2 is 1.68 bits per heavy atom. The van der Waals surface area contributed by atoms with Gasteiger partial charge in [0, 0.05) is 23.2 Å². The zero-order valence-corrected chi connectivity index (χ0v) is 19.4. The maximum atomic E-state index is 6.61. The topological polar surface area (TPSA) is 21.7 Å². The van der Waals surface area contributed by atoms with Crippen LogP contribution in [0.4, 0.5) is 0 Å². The maximum absolute atomic E-state index is 6.61. The zero-order chi connectivity index (χ0) is 21.6. The number of thioether (sulfide) groups is 1. The van der Waals surface area contributed by atoms with Crippen molar-refractivity contribution in [2.45, 2.75) is 36.1 Å². The van der Waals surface area contributed by atoms with Gasteiger partial charge in [-0.1, -0.05) is 54.6 Å². The summed E-state index contributed by atoms with van der Waals surface area (Å²) < 4.78 is 11.9. The Balaban J connectivity index is 1.40. The third-order valence-corrected chi connectivity index (χ3v) is 7.23. The molecule has 0 aromatic heterocycles. The van der Waals surface area contributed by atoms with E-state index in [2.05, 4.69) is 79.5 Å². The van der Waals surface area contributed by atoms with Crippen LogP contribution in [0.15, 0.2) is 77.7 Å². The molecule has 0 aliphatic carbocycles. The Kier molecular flexibility index (Phi) is 7.33. The van der Waals surface area contributed by atoms with Crippen LogP contribution in [-0.2, 0) is 16.9 Å². The molecule has 3 nitrogen and oxygen atoms in total. The molecule has 0 spiro atoms. The van der Waals surface area contributed by atoms with E-state index in [9.17, 15) is 0 Å². The minimum absolute atomic E-state index is 0.0140. The van der Waals surface area contributed by atoms with Crippen molar-refractivity contribution in [3.05, 3.63) is 95.1 Å². The van der Waals surface area contributed by atoms with Crippen LogP contribution in [0.3, 0.4) is 0 Å². The first-order chi connectivity index (χ1) is 15.2. The van der Waals surface area contributed by atoms with Gasteiger partial charge in [0.1, 0.15) is 11.9 Å². The lowest BCUT2D eigenvalue weighted by molar-refractivity contribution is 0.0369. The van der Waals surface area contributed by atoms with Gasteiger partial charge in [0.05, 0.1) is 13.7 Å². The quantitative estimate of drug-likeness (QED) is 0.436. The van der Waals surface area contributed by atoms with Crippen molar-refractivity contribution < 1.29 is 9.47 Å². The first-order valence-electron chi connectivity index (χ1n) is 10.9. The van der Waals surface area contributed by atoms with Crippen LogP contribution in [0.2, 0.25) is 0 Å². The number of hydrogen-bond donors (Lipinski definition) is 0. The van der Waals surface area contributed by atoms with Crippen LogP contribution in [0.5, 0.6) is 5.75 Å². The Bertz CT molecular complexity index is 941. The van der Waals surface area contributed by atoms with Gasteiger partial charge in [-0.15, -0.1) is 11.8 Å². The Morgan fingerprint density at radius 3 is 2.45 bits per heavy atom. The fraction of sp³-hybridized carbons (Fsp3) is 0.333. The van der Waals surface area contributed by atoms with E-state index in [1.807, 2.05) is 23.9 Å².